The molecular weight excluding hydrogens is 672 g/mol. The largest absolute Gasteiger partial charge is 0.456 e. The molecule has 5 aromatic carbocycles. The zero-order valence-electron chi connectivity index (χ0n) is 19.9. The van der Waals surface area contributed by atoms with Crippen molar-refractivity contribution >= 4 is 115 Å². The molecule has 6 aromatic rings. The highest BCUT2D eigenvalue weighted by Crippen LogP contribution is 2.48. The molecule has 1 radical (unpaired) electrons. The first-order valence-electron chi connectivity index (χ1n) is 11.7. The van der Waals surface area contributed by atoms with E-state index in [2.05, 4.69) is 0 Å². The number of hydrogen-bond acceptors (Lipinski definition) is 1. The van der Waals surface area contributed by atoms with Crippen molar-refractivity contribution in [1.82, 2.24) is 0 Å². The maximum atomic E-state index is 6.93. The number of hydrogen-bond donors (Lipinski definition) is 0. The van der Waals surface area contributed by atoms with Gasteiger partial charge in [-0.05, 0) is 65.7 Å². The van der Waals surface area contributed by atoms with Crippen LogP contribution in [-0.4, -0.2) is 0 Å². The molecule has 40 heavy (non-hydrogen) atoms. The monoisotopic (exact) mass is 681 g/mol. The molecule has 0 aliphatic rings. The average molecular weight is 685 g/mol. The summed E-state index contributed by atoms with van der Waals surface area (Å²) in [5, 5.41) is 4.72. The fourth-order valence-electron chi connectivity index (χ4n) is 4.85. The highest BCUT2D eigenvalue weighted by Gasteiger charge is 2.30. The van der Waals surface area contributed by atoms with Gasteiger partial charge in [0.2, 0.25) is 0 Å². The third-order valence-corrected chi connectivity index (χ3v) is 8.74. The van der Waals surface area contributed by atoms with E-state index in [1.165, 1.54) is 0 Å². The first-order chi connectivity index (χ1) is 19.1. The van der Waals surface area contributed by atoms with E-state index in [-0.39, 0.29) is 0 Å². The molecule has 1 aromatic heterocycles. The van der Waals surface area contributed by atoms with E-state index < -0.39 is 0 Å². The average Bonchev–Trinajstić information content (AvgIpc) is 3.24. The van der Waals surface area contributed by atoms with Crippen LogP contribution in [0, 0.1) is 5.92 Å². The number of para-hydroxylation sites is 1. The number of rotatable bonds is 4. The molecule has 0 aliphatic heterocycles. The molecule has 199 valence electrons. The van der Waals surface area contributed by atoms with Gasteiger partial charge in [-0.1, -0.05) is 117 Å². The number of fused-ring (bicyclic) bond motifs is 3. The van der Waals surface area contributed by atoms with Crippen LogP contribution in [0.4, 0.5) is 0 Å². The third kappa shape index (κ3) is 5.06. The van der Waals surface area contributed by atoms with Crippen LogP contribution >= 0.6 is 92.8 Å². The van der Waals surface area contributed by atoms with Gasteiger partial charge in [0.1, 0.15) is 11.2 Å². The van der Waals surface area contributed by atoms with Crippen LogP contribution < -0.4 is 0 Å². The molecule has 0 aliphatic carbocycles. The zero-order chi connectivity index (χ0) is 28.3. The second-order valence-electron chi connectivity index (χ2n) is 8.99. The van der Waals surface area contributed by atoms with Gasteiger partial charge in [0.05, 0.1) is 16.0 Å². The van der Waals surface area contributed by atoms with Crippen molar-refractivity contribution < 1.29 is 4.42 Å². The quantitative estimate of drug-likeness (QED) is 0.168. The smallest absolute Gasteiger partial charge is 0.136 e. The minimum absolute atomic E-state index is 0.293. The van der Waals surface area contributed by atoms with Gasteiger partial charge in [0.15, 0.2) is 0 Å². The molecule has 0 N–H and O–H groups in total. The molecule has 0 amide bonds. The standard InChI is InChI=1S/C31H13Cl8O/c32-16-10-22(36)30(23(37)11-16)29(31-24(38)12-17(33)13-25(31)39)15-7-20(34)28(21(35)8-15)14-5-6-19-18-3-1-2-4-26(18)40-27(19)9-14/h1-13H. The zero-order valence-corrected chi connectivity index (χ0v) is 26.0. The highest BCUT2D eigenvalue weighted by molar-refractivity contribution is 6.42. The number of furan rings is 1. The molecule has 0 bridgehead atoms. The van der Waals surface area contributed by atoms with Crippen LogP contribution in [-0.2, 0) is 0 Å². The van der Waals surface area contributed by atoms with Crippen molar-refractivity contribution in [2.24, 2.45) is 0 Å². The van der Waals surface area contributed by atoms with Gasteiger partial charge in [0.25, 0.3) is 0 Å². The van der Waals surface area contributed by atoms with E-state index in [1.807, 2.05) is 42.5 Å². The van der Waals surface area contributed by atoms with Gasteiger partial charge in [-0.25, -0.2) is 0 Å². The Balaban J connectivity index is 1.55. The lowest BCUT2D eigenvalue weighted by molar-refractivity contribution is 0.669. The SMILES string of the molecule is Clc1cc(Cl)c([C](c2cc(Cl)c(-c3ccc4c(c3)oc3ccccc34)c(Cl)c2)c2c(Cl)cc(Cl)cc2Cl)c(Cl)c1. The summed E-state index contributed by atoms with van der Waals surface area (Å²) < 4.78 is 6.07. The lowest BCUT2D eigenvalue weighted by Crippen LogP contribution is -2.08. The summed E-state index contributed by atoms with van der Waals surface area (Å²) in [6, 6.07) is 23.6. The van der Waals surface area contributed by atoms with E-state index in [4.69, 9.17) is 97.2 Å². The summed E-state index contributed by atoms with van der Waals surface area (Å²) in [6.07, 6.45) is 0. The molecular formula is C31H13Cl8O. The minimum atomic E-state index is 0.293. The van der Waals surface area contributed by atoms with E-state index in [9.17, 15) is 0 Å². The Morgan fingerprint density at radius 3 is 1.52 bits per heavy atom. The van der Waals surface area contributed by atoms with Gasteiger partial charge < -0.3 is 4.42 Å². The highest BCUT2D eigenvalue weighted by atomic mass is 35.5. The van der Waals surface area contributed by atoms with Gasteiger partial charge in [-0.3, -0.25) is 0 Å². The molecule has 1 heterocycles. The summed E-state index contributed by atoms with van der Waals surface area (Å²) in [5.41, 5.74) is 4.46. The van der Waals surface area contributed by atoms with Crippen molar-refractivity contribution in [3.05, 3.63) is 142 Å². The third-order valence-electron chi connectivity index (χ3n) is 6.51. The maximum Gasteiger partial charge on any atom is 0.136 e. The van der Waals surface area contributed by atoms with Crippen molar-refractivity contribution in [2.45, 2.75) is 0 Å². The molecule has 6 rings (SSSR count). The van der Waals surface area contributed by atoms with Gasteiger partial charge in [-0.15, -0.1) is 0 Å². The lowest BCUT2D eigenvalue weighted by atomic mass is 9.84. The first-order valence-corrected chi connectivity index (χ1v) is 14.7. The van der Waals surface area contributed by atoms with E-state index >= 15 is 0 Å². The molecule has 0 atom stereocenters. The van der Waals surface area contributed by atoms with Crippen molar-refractivity contribution in [3.8, 4) is 11.1 Å². The van der Waals surface area contributed by atoms with Crippen LogP contribution in [0.15, 0.2) is 83.3 Å². The number of benzene rings is 5. The van der Waals surface area contributed by atoms with Crippen molar-refractivity contribution in [1.29, 1.82) is 0 Å². The van der Waals surface area contributed by atoms with Gasteiger partial charge in [-0.2, -0.15) is 0 Å². The van der Waals surface area contributed by atoms with Crippen LogP contribution in [0.2, 0.25) is 40.2 Å². The van der Waals surface area contributed by atoms with E-state index in [0.717, 1.165) is 27.5 Å². The Kier molecular flexibility index (Phi) is 7.89. The van der Waals surface area contributed by atoms with Crippen molar-refractivity contribution in [2.75, 3.05) is 0 Å². The summed E-state index contributed by atoms with van der Waals surface area (Å²) in [6.45, 7) is 0. The first kappa shape index (κ1) is 28.3. The lowest BCUT2D eigenvalue weighted by Gasteiger charge is -2.24. The second kappa shape index (κ2) is 11.1. The predicted octanol–water partition coefficient (Wildman–Crippen LogP) is 13.5. The Bertz CT molecular complexity index is 1830. The van der Waals surface area contributed by atoms with Gasteiger partial charge in [0, 0.05) is 57.6 Å². The van der Waals surface area contributed by atoms with Crippen LogP contribution in [0.5, 0.6) is 0 Å². The molecule has 0 fully saturated rings. The Hall–Kier alpha value is -1.78. The van der Waals surface area contributed by atoms with Crippen molar-refractivity contribution in [3.63, 3.8) is 0 Å². The topological polar surface area (TPSA) is 13.1 Å². The summed E-state index contributed by atoms with van der Waals surface area (Å²) in [5.74, 6) is 0.515. The fourth-order valence-corrected chi connectivity index (χ4v) is 7.57. The molecule has 0 saturated heterocycles. The summed E-state index contributed by atoms with van der Waals surface area (Å²) >= 11 is 53.0. The molecule has 1 nitrogen and oxygen atoms in total. The fraction of sp³-hybridized carbons (Fsp3) is 0. The Morgan fingerprint density at radius 2 is 0.975 bits per heavy atom. The minimum Gasteiger partial charge on any atom is -0.456 e. The molecule has 0 spiro atoms. The summed E-state index contributed by atoms with van der Waals surface area (Å²) in [4.78, 5) is 0. The molecule has 9 heteroatoms. The van der Waals surface area contributed by atoms with Crippen LogP contribution in [0.1, 0.15) is 16.7 Å². The maximum absolute atomic E-state index is 6.93. The van der Waals surface area contributed by atoms with E-state index in [1.54, 1.807) is 36.4 Å². The molecule has 0 unspecified atom stereocenters. The number of halogens is 8. The van der Waals surface area contributed by atoms with Crippen LogP contribution in [0.3, 0.4) is 0 Å². The van der Waals surface area contributed by atoms with Gasteiger partial charge >= 0.3 is 0 Å². The second-order valence-corrected chi connectivity index (χ2v) is 12.3. The summed E-state index contributed by atoms with van der Waals surface area (Å²) in [7, 11) is 0. The predicted molar refractivity (Wildman–Crippen MR) is 173 cm³/mol. The Morgan fingerprint density at radius 1 is 0.475 bits per heavy atom. The van der Waals surface area contributed by atoms with Crippen LogP contribution in [0.25, 0.3) is 33.1 Å². The normalized spacial score (nSPS) is 11.7. The molecule has 0 saturated carbocycles. The Labute approximate surface area is 270 Å². The van der Waals surface area contributed by atoms with E-state index in [0.29, 0.717) is 68.4 Å².